The van der Waals surface area contributed by atoms with Gasteiger partial charge in [0.15, 0.2) is 0 Å². The average molecular weight is 680 g/mol. The summed E-state index contributed by atoms with van der Waals surface area (Å²) in [4.78, 5) is 25.6. The van der Waals surface area contributed by atoms with Crippen LogP contribution in [0.15, 0.2) is 0 Å². The summed E-state index contributed by atoms with van der Waals surface area (Å²) in [5.41, 5.74) is 0. The van der Waals surface area contributed by atoms with Crippen molar-refractivity contribution in [3.63, 3.8) is 0 Å². The van der Waals surface area contributed by atoms with Crippen LogP contribution in [0.25, 0.3) is 0 Å². The van der Waals surface area contributed by atoms with Crippen LogP contribution in [-0.4, -0.2) is 38.2 Å². The second kappa shape index (κ2) is 38.7. The van der Waals surface area contributed by atoms with Crippen molar-refractivity contribution >= 4 is 11.9 Å². The van der Waals surface area contributed by atoms with Gasteiger partial charge < -0.3 is 14.8 Å². The highest BCUT2D eigenvalue weighted by Crippen LogP contribution is 2.22. The zero-order valence-corrected chi connectivity index (χ0v) is 33.0. The first-order valence-corrected chi connectivity index (χ1v) is 21.6. The molecule has 0 fully saturated rings. The molecule has 0 rings (SSSR count). The molecule has 0 bridgehead atoms. The lowest BCUT2D eigenvalue weighted by atomic mass is 9.94. The molecule has 2 unspecified atom stereocenters. The Labute approximate surface area is 300 Å². The summed E-state index contributed by atoms with van der Waals surface area (Å²) in [6.07, 6.45) is 36.7. The zero-order valence-electron chi connectivity index (χ0n) is 33.0. The van der Waals surface area contributed by atoms with E-state index in [-0.39, 0.29) is 23.8 Å². The van der Waals surface area contributed by atoms with E-state index in [0.717, 1.165) is 83.7 Å². The standard InChI is InChI=1S/C43H85NO4/c1-5-9-13-17-19-27-35-41(33-25-16-12-8-4)43(46)48-39-31-23-21-29-37-44-36-28-20-22-30-38-47-42(45)40(32-24-15-11-7-3)34-26-18-14-10-6-2/h40-41,44H,5-39H2,1-4H3. The monoisotopic (exact) mass is 680 g/mol. The second-order valence-electron chi connectivity index (χ2n) is 14.8. The molecule has 0 saturated heterocycles. The molecule has 0 heterocycles. The fourth-order valence-corrected chi connectivity index (χ4v) is 6.68. The molecule has 0 radical (unpaired) electrons. The van der Waals surface area contributed by atoms with E-state index >= 15 is 0 Å². The van der Waals surface area contributed by atoms with E-state index in [0.29, 0.717) is 13.2 Å². The lowest BCUT2D eigenvalue weighted by Crippen LogP contribution is -2.19. The van der Waals surface area contributed by atoms with Gasteiger partial charge in [0, 0.05) is 0 Å². The molecule has 1 N–H and O–H groups in total. The highest BCUT2D eigenvalue weighted by molar-refractivity contribution is 5.72. The minimum absolute atomic E-state index is 0.0623. The molecular formula is C43H85NO4. The van der Waals surface area contributed by atoms with Crippen molar-refractivity contribution in [1.29, 1.82) is 0 Å². The molecule has 0 aromatic heterocycles. The zero-order chi connectivity index (χ0) is 35.2. The fourth-order valence-electron chi connectivity index (χ4n) is 6.68. The molecule has 2 atom stereocenters. The normalized spacial score (nSPS) is 12.7. The lowest BCUT2D eigenvalue weighted by Gasteiger charge is -2.16. The van der Waals surface area contributed by atoms with Gasteiger partial charge in [0.2, 0.25) is 0 Å². The Morgan fingerprint density at radius 3 is 1.00 bits per heavy atom. The summed E-state index contributed by atoms with van der Waals surface area (Å²) < 4.78 is 11.5. The van der Waals surface area contributed by atoms with E-state index in [1.165, 1.54) is 128 Å². The number of nitrogens with one attached hydrogen (secondary N) is 1. The van der Waals surface area contributed by atoms with Crippen LogP contribution in [0.4, 0.5) is 0 Å². The van der Waals surface area contributed by atoms with Crippen LogP contribution >= 0.6 is 0 Å². The lowest BCUT2D eigenvalue weighted by molar-refractivity contribution is -0.150. The number of ether oxygens (including phenoxy) is 2. The van der Waals surface area contributed by atoms with Crippen LogP contribution in [-0.2, 0) is 19.1 Å². The van der Waals surface area contributed by atoms with Crippen molar-refractivity contribution in [2.24, 2.45) is 11.8 Å². The molecule has 0 saturated carbocycles. The summed E-state index contributed by atoms with van der Waals surface area (Å²) in [5, 5.41) is 3.59. The Balaban J connectivity index is 3.86. The van der Waals surface area contributed by atoms with Crippen LogP contribution in [0.5, 0.6) is 0 Å². The molecule has 286 valence electrons. The van der Waals surface area contributed by atoms with Gasteiger partial charge in [-0.05, 0) is 64.5 Å². The van der Waals surface area contributed by atoms with Gasteiger partial charge in [0.05, 0.1) is 25.0 Å². The van der Waals surface area contributed by atoms with E-state index in [9.17, 15) is 9.59 Å². The molecular weight excluding hydrogens is 594 g/mol. The Bertz CT molecular complexity index is 669. The van der Waals surface area contributed by atoms with E-state index in [2.05, 4.69) is 33.0 Å². The summed E-state index contributed by atoms with van der Waals surface area (Å²) >= 11 is 0. The summed E-state index contributed by atoms with van der Waals surface area (Å²) in [7, 11) is 0. The molecule has 5 nitrogen and oxygen atoms in total. The first-order valence-electron chi connectivity index (χ1n) is 21.6. The third-order valence-corrected chi connectivity index (χ3v) is 10.0. The third kappa shape index (κ3) is 32.1. The van der Waals surface area contributed by atoms with Crippen LogP contribution in [0, 0.1) is 11.8 Å². The first kappa shape index (κ1) is 46.9. The van der Waals surface area contributed by atoms with Gasteiger partial charge in [-0.3, -0.25) is 9.59 Å². The quantitative estimate of drug-likeness (QED) is 0.0517. The van der Waals surface area contributed by atoms with Gasteiger partial charge in [0.25, 0.3) is 0 Å². The molecule has 0 aromatic rings. The van der Waals surface area contributed by atoms with E-state index in [1.807, 2.05) is 0 Å². The van der Waals surface area contributed by atoms with Crippen LogP contribution in [0.3, 0.4) is 0 Å². The smallest absolute Gasteiger partial charge is 0.308 e. The van der Waals surface area contributed by atoms with E-state index < -0.39 is 0 Å². The number of unbranched alkanes of at least 4 members (excludes halogenated alkanes) is 21. The highest BCUT2D eigenvalue weighted by Gasteiger charge is 2.20. The Morgan fingerprint density at radius 2 is 0.646 bits per heavy atom. The van der Waals surface area contributed by atoms with Gasteiger partial charge in [0.1, 0.15) is 0 Å². The van der Waals surface area contributed by atoms with Crippen molar-refractivity contribution in [1.82, 2.24) is 5.32 Å². The van der Waals surface area contributed by atoms with Crippen molar-refractivity contribution < 1.29 is 19.1 Å². The topological polar surface area (TPSA) is 64.6 Å². The van der Waals surface area contributed by atoms with Gasteiger partial charge in [-0.2, -0.15) is 0 Å². The Kier molecular flexibility index (Phi) is 37.8. The predicted molar refractivity (Wildman–Crippen MR) is 208 cm³/mol. The van der Waals surface area contributed by atoms with Crippen LogP contribution in [0.2, 0.25) is 0 Å². The fraction of sp³-hybridized carbons (Fsp3) is 0.953. The van der Waals surface area contributed by atoms with Gasteiger partial charge in [-0.25, -0.2) is 0 Å². The van der Waals surface area contributed by atoms with Gasteiger partial charge >= 0.3 is 11.9 Å². The molecule has 48 heavy (non-hydrogen) atoms. The maximum Gasteiger partial charge on any atom is 0.308 e. The number of carbonyl (C=O) groups excluding carboxylic acids is 2. The van der Waals surface area contributed by atoms with Crippen molar-refractivity contribution in [3.05, 3.63) is 0 Å². The minimum atomic E-state index is 0.0623. The van der Waals surface area contributed by atoms with Crippen LogP contribution < -0.4 is 5.32 Å². The number of carbonyl (C=O) groups is 2. The molecule has 0 spiro atoms. The molecule has 0 aliphatic heterocycles. The predicted octanol–water partition coefficient (Wildman–Crippen LogP) is 13.1. The second-order valence-corrected chi connectivity index (χ2v) is 14.8. The molecule has 0 aromatic carbocycles. The molecule has 0 aliphatic carbocycles. The Morgan fingerprint density at radius 1 is 0.375 bits per heavy atom. The largest absolute Gasteiger partial charge is 0.465 e. The van der Waals surface area contributed by atoms with Crippen molar-refractivity contribution in [2.75, 3.05) is 26.3 Å². The molecule has 0 amide bonds. The molecule has 0 aliphatic rings. The maximum absolute atomic E-state index is 12.8. The van der Waals surface area contributed by atoms with Crippen molar-refractivity contribution in [2.45, 2.75) is 227 Å². The number of esters is 2. The maximum atomic E-state index is 12.8. The third-order valence-electron chi connectivity index (χ3n) is 10.0. The SMILES string of the molecule is CCCCCCCCC(CCCCCC)C(=O)OCCCCCCNCCCCCCOC(=O)C(CCCCCC)CCCCCCC. The van der Waals surface area contributed by atoms with Gasteiger partial charge in [-0.15, -0.1) is 0 Å². The van der Waals surface area contributed by atoms with E-state index in [1.54, 1.807) is 0 Å². The summed E-state index contributed by atoms with van der Waals surface area (Å²) in [6, 6.07) is 0. The van der Waals surface area contributed by atoms with Gasteiger partial charge in [-0.1, -0.05) is 175 Å². The van der Waals surface area contributed by atoms with Crippen LogP contribution in [0.1, 0.15) is 227 Å². The summed E-state index contributed by atoms with van der Waals surface area (Å²) in [5.74, 6) is 0.349. The van der Waals surface area contributed by atoms with Crippen molar-refractivity contribution in [3.8, 4) is 0 Å². The number of rotatable bonds is 39. The highest BCUT2D eigenvalue weighted by atomic mass is 16.5. The van der Waals surface area contributed by atoms with E-state index in [4.69, 9.17) is 9.47 Å². The molecule has 5 heteroatoms. The average Bonchev–Trinajstić information content (AvgIpc) is 3.09. The number of hydrogen-bond donors (Lipinski definition) is 1. The summed E-state index contributed by atoms with van der Waals surface area (Å²) in [6.45, 7) is 12.3. The minimum Gasteiger partial charge on any atom is -0.465 e. The Hall–Kier alpha value is -1.10. The number of hydrogen-bond acceptors (Lipinski definition) is 5. The first-order chi connectivity index (χ1) is 23.6.